The van der Waals surface area contributed by atoms with Crippen molar-refractivity contribution in [2.24, 2.45) is 0 Å². The molecule has 108 valence electrons. The van der Waals surface area contributed by atoms with Crippen LogP contribution >= 0.6 is 34.4 Å². The number of hydrogen-bond acceptors (Lipinski definition) is 6. The molecule has 3 aromatic rings. The number of thioether (sulfide) groups is 1. The lowest BCUT2D eigenvalue weighted by Gasteiger charge is -2.11. The van der Waals surface area contributed by atoms with Gasteiger partial charge in [-0.25, -0.2) is 9.97 Å². The van der Waals surface area contributed by atoms with E-state index in [0.717, 1.165) is 20.1 Å². The number of fused-ring (bicyclic) bond motifs is 1. The first kappa shape index (κ1) is 14.5. The van der Waals surface area contributed by atoms with E-state index in [-0.39, 0.29) is 11.2 Å². The summed E-state index contributed by atoms with van der Waals surface area (Å²) in [6, 6.07) is 5.97. The molecule has 3 aromatic heterocycles. The molecule has 0 radical (unpaired) electrons. The maximum Gasteiger partial charge on any atom is 0.233 e. The summed E-state index contributed by atoms with van der Waals surface area (Å²) in [5.74, 6) is 0.0247. The molecule has 0 aliphatic carbocycles. The summed E-state index contributed by atoms with van der Waals surface area (Å²) >= 11 is 4.72. The lowest BCUT2D eigenvalue weighted by atomic mass is 10.4. The Hall–Kier alpha value is -1.44. The number of carbonyl (C=O) groups is 1. The van der Waals surface area contributed by atoms with Gasteiger partial charge in [0.25, 0.3) is 0 Å². The number of hydrogen-bond donors (Lipinski definition) is 1. The molecule has 0 saturated heterocycles. The van der Waals surface area contributed by atoms with Crippen LogP contribution in [0.15, 0.2) is 40.3 Å². The number of aromatic nitrogens is 2. The van der Waals surface area contributed by atoms with Crippen molar-refractivity contribution in [3.05, 3.63) is 40.2 Å². The molecule has 4 nitrogen and oxygen atoms in total. The predicted molar refractivity (Wildman–Crippen MR) is 88.9 cm³/mol. The minimum atomic E-state index is -0.190. The molecule has 1 unspecified atom stereocenters. The fraction of sp³-hybridized carbons (Fsp3) is 0.214. The molecule has 0 saturated carbocycles. The predicted octanol–water partition coefficient (Wildman–Crippen LogP) is 3.55. The van der Waals surface area contributed by atoms with Crippen molar-refractivity contribution in [2.45, 2.75) is 23.7 Å². The van der Waals surface area contributed by atoms with E-state index in [1.807, 2.05) is 35.9 Å². The molecular weight excluding hydrogens is 322 g/mol. The highest BCUT2D eigenvalue weighted by molar-refractivity contribution is 8.00. The summed E-state index contributed by atoms with van der Waals surface area (Å²) in [5, 5.41) is 7.64. The van der Waals surface area contributed by atoms with E-state index >= 15 is 0 Å². The van der Waals surface area contributed by atoms with Gasteiger partial charge in [-0.15, -0.1) is 22.7 Å². The summed E-state index contributed by atoms with van der Waals surface area (Å²) in [5.41, 5.74) is 0.934. The van der Waals surface area contributed by atoms with Gasteiger partial charge in [0, 0.05) is 4.88 Å². The smallest absolute Gasteiger partial charge is 0.233 e. The molecule has 1 amide bonds. The van der Waals surface area contributed by atoms with Crippen molar-refractivity contribution < 1.29 is 4.79 Å². The first-order chi connectivity index (χ1) is 10.2. The zero-order valence-corrected chi connectivity index (χ0v) is 13.7. The fourth-order valence-electron chi connectivity index (χ4n) is 1.80. The summed E-state index contributed by atoms with van der Waals surface area (Å²) in [4.78, 5) is 21.8. The number of carbonyl (C=O) groups excluding carboxylic acids is 1. The summed E-state index contributed by atoms with van der Waals surface area (Å²) in [6.45, 7) is 2.48. The molecule has 0 spiro atoms. The van der Waals surface area contributed by atoms with Gasteiger partial charge in [0.05, 0.1) is 22.0 Å². The van der Waals surface area contributed by atoms with Crippen LogP contribution in [0.25, 0.3) is 10.2 Å². The molecule has 1 atom stereocenters. The van der Waals surface area contributed by atoms with Crippen molar-refractivity contribution in [1.82, 2.24) is 15.3 Å². The Morgan fingerprint density at radius 1 is 1.33 bits per heavy atom. The molecule has 0 aromatic carbocycles. The van der Waals surface area contributed by atoms with Gasteiger partial charge >= 0.3 is 0 Å². The second-order valence-electron chi connectivity index (χ2n) is 4.37. The van der Waals surface area contributed by atoms with E-state index in [1.54, 1.807) is 29.0 Å². The van der Waals surface area contributed by atoms with Crippen LogP contribution in [0.2, 0.25) is 0 Å². The van der Waals surface area contributed by atoms with Crippen LogP contribution in [-0.2, 0) is 11.3 Å². The van der Waals surface area contributed by atoms with Crippen LogP contribution in [0.3, 0.4) is 0 Å². The lowest BCUT2D eigenvalue weighted by Crippen LogP contribution is -2.30. The molecular formula is C14H13N3OS3. The normalized spacial score (nSPS) is 12.4. The van der Waals surface area contributed by atoms with Gasteiger partial charge in [0.2, 0.25) is 5.91 Å². The Labute approximate surface area is 134 Å². The van der Waals surface area contributed by atoms with E-state index in [2.05, 4.69) is 15.3 Å². The van der Waals surface area contributed by atoms with E-state index < -0.39 is 0 Å². The van der Waals surface area contributed by atoms with Crippen molar-refractivity contribution in [3.63, 3.8) is 0 Å². The Morgan fingerprint density at radius 2 is 2.24 bits per heavy atom. The van der Waals surface area contributed by atoms with Crippen LogP contribution in [-0.4, -0.2) is 21.1 Å². The van der Waals surface area contributed by atoms with Crippen LogP contribution in [0.4, 0.5) is 0 Å². The van der Waals surface area contributed by atoms with Crippen molar-refractivity contribution in [3.8, 4) is 0 Å². The molecule has 21 heavy (non-hydrogen) atoms. The third-order valence-electron chi connectivity index (χ3n) is 2.89. The van der Waals surface area contributed by atoms with E-state index in [0.29, 0.717) is 6.54 Å². The molecule has 3 rings (SSSR count). The van der Waals surface area contributed by atoms with Crippen LogP contribution in [0, 0.1) is 0 Å². The van der Waals surface area contributed by atoms with Crippen LogP contribution in [0.1, 0.15) is 11.8 Å². The Kier molecular flexibility index (Phi) is 4.52. The van der Waals surface area contributed by atoms with E-state index in [4.69, 9.17) is 0 Å². The van der Waals surface area contributed by atoms with Gasteiger partial charge in [-0.05, 0) is 29.8 Å². The number of amides is 1. The van der Waals surface area contributed by atoms with Crippen LogP contribution < -0.4 is 5.32 Å². The van der Waals surface area contributed by atoms with Crippen molar-refractivity contribution >= 4 is 50.6 Å². The minimum absolute atomic E-state index is 0.0247. The first-order valence-electron chi connectivity index (χ1n) is 6.39. The van der Waals surface area contributed by atoms with E-state index in [9.17, 15) is 4.79 Å². The molecule has 7 heteroatoms. The highest BCUT2D eigenvalue weighted by Crippen LogP contribution is 2.31. The topological polar surface area (TPSA) is 54.9 Å². The summed E-state index contributed by atoms with van der Waals surface area (Å²) < 4.78 is 1.04. The largest absolute Gasteiger partial charge is 0.350 e. The highest BCUT2D eigenvalue weighted by Gasteiger charge is 2.17. The van der Waals surface area contributed by atoms with Gasteiger partial charge in [-0.3, -0.25) is 4.79 Å². The van der Waals surface area contributed by atoms with Crippen molar-refractivity contribution in [2.75, 3.05) is 0 Å². The third kappa shape index (κ3) is 3.42. The molecule has 3 heterocycles. The maximum absolute atomic E-state index is 12.1. The highest BCUT2D eigenvalue weighted by atomic mass is 32.2. The number of nitrogens with one attached hydrogen (secondary N) is 1. The van der Waals surface area contributed by atoms with Crippen LogP contribution in [0.5, 0.6) is 0 Å². The third-order valence-corrected chi connectivity index (χ3v) is 5.90. The summed E-state index contributed by atoms with van der Waals surface area (Å²) in [6.07, 6.45) is 1.55. The summed E-state index contributed by atoms with van der Waals surface area (Å²) in [7, 11) is 0. The van der Waals surface area contributed by atoms with E-state index in [1.165, 1.54) is 11.8 Å². The standard InChI is InChI=1S/C14H13N3OS3/c1-9(13(18)15-7-10-3-2-5-19-10)21-14-12-11(4-6-20-12)16-8-17-14/h2-6,8-9H,7H2,1H3,(H,15,18). The quantitative estimate of drug-likeness (QED) is 0.572. The molecule has 0 bridgehead atoms. The van der Waals surface area contributed by atoms with Crippen molar-refractivity contribution in [1.29, 1.82) is 0 Å². The molecule has 0 fully saturated rings. The maximum atomic E-state index is 12.1. The fourth-order valence-corrected chi connectivity index (χ4v) is 4.31. The second-order valence-corrected chi connectivity index (χ2v) is 7.65. The first-order valence-corrected chi connectivity index (χ1v) is 9.03. The van der Waals surface area contributed by atoms with Gasteiger partial charge < -0.3 is 5.32 Å². The van der Waals surface area contributed by atoms with Gasteiger partial charge in [-0.2, -0.15) is 0 Å². The monoisotopic (exact) mass is 335 g/mol. The molecule has 1 N–H and O–H groups in total. The molecule has 0 aliphatic heterocycles. The lowest BCUT2D eigenvalue weighted by molar-refractivity contribution is -0.120. The van der Waals surface area contributed by atoms with Gasteiger partial charge in [0.15, 0.2) is 0 Å². The zero-order chi connectivity index (χ0) is 14.7. The number of thiophene rings is 2. The zero-order valence-electron chi connectivity index (χ0n) is 11.3. The SMILES string of the molecule is CC(Sc1ncnc2ccsc12)C(=O)NCc1cccs1. The van der Waals surface area contributed by atoms with Gasteiger partial charge in [-0.1, -0.05) is 17.8 Å². The Bertz CT molecular complexity index is 739. The Morgan fingerprint density at radius 3 is 3.05 bits per heavy atom. The second kappa shape index (κ2) is 6.55. The molecule has 0 aliphatic rings. The van der Waals surface area contributed by atoms with Gasteiger partial charge in [0.1, 0.15) is 11.4 Å². The Balaban J connectivity index is 1.64. The minimum Gasteiger partial charge on any atom is -0.350 e. The number of nitrogens with zero attached hydrogens (tertiary/aromatic N) is 2. The number of rotatable bonds is 5. The average molecular weight is 335 g/mol. The average Bonchev–Trinajstić information content (AvgIpc) is 3.16.